The van der Waals surface area contributed by atoms with Crippen LogP contribution in [0.1, 0.15) is 31.9 Å². The van der Waals surface area contributed by atoms with Crippen molar-refractivity contribution in [2.24, 2.45) is 0 Å². The Morgan fingerprint density at radius 3 is 2.62 bits per heavy atom. The topological polar surface area (TPSA) is 60.2 Å². The largest absolute Gasteiger partial charge is 0.389 e. The monoisotopic (exact) mass is 219 g/mol. The third kappa shape index (κ3) is 2.94. The van der Waals surface area contributed by atoms with Gasteiger partial charge in [0.25, 0.3) is 0 Å². The smallest absolute Gasteiger partial charge is 0.128 e. The van der Waals surface area contributed by atoms with Gasteiger partial charge in [-0.25, -0.2) is 4.98 Å². The molecule has 1 N–H and O–H groups in total. The van der Waals surface area contributed by atoms with Crippen molar-refractivity contribution >= 4 is 5.82 Å². The Morgan fingerprint density at radius 2 is 2.19 bits per heavy atom. The Balaban J connectivity index is 2.78. The van der Waals surface area contributed by atoms with Crippen molar-refractivity contribution in [2.75, 3.05) is 11.9 Å². The first-order valence-corrected chi connectivity index (χ1v) is 5.30. The maximum Gasteiger partial charge on any atom is 0.128 e. The average molecular weight is 219 g/mol. The molecule has 4 heteroatoms. The molecule has 0 amide bonds. The molecule has 1 aromatic rings. The van der Waals surface area contributed by atoms with Gasteiger partial charge in [0.15, 0.2) is 0 Å². The first-order valence-electron chi connectivity index (χ1n) is 5.30. The molecule has 0 fully saturated rings. The van der Waals surface area contributed by atoms with Crippen LogP contribution in [0.2, 0.25) is 0 Å². The van der Waals surface area contributed by atoms with Gasteiger partial charge in [0.2, 0.25) is 0 Å². The van der Waals surface area contributed by atoms with E-state index in [1.165, 1.54) is 0 Å². The Kier molecular flexibility index (Phi) is 4.27. The predicted octanol–water partition coefficient (Wildman–Crippen LogP) is 1.87. The van der Waals surface area contributed by atoms with E-state index < -0.39 is 6.10 Å². The molecular formula is C12H17N3O. The highest BCUT2D eigenvalue weighted by Crippen LogP contribution is 2.17. The second-order valence-corrected chi connectivity index (χ2v) is 3.95. The van der Waals surface area contributed by atoms with Gasteiger partial charge in [-0.2, -0.15) is 5.26 Å². The third-order valence-electron chi connectivity index (χ3n) is 2.66. The van der Waals surface area contributed by atoms with E-state index in [1.807, 2.05) is 31.0 Å². The van der Waals surface area contributed by atoms with E-state index in [4.69, 9.17) is 5.26 Å². The summed E-state index contributed by atoms with van der Waals surface area (Å²) in [5.74, 6) is 0.812. The van der Waals surface area contributed by atoms with Crippen LogP contribution in [-0.4, -0.2) is 23.2 Å². The van der Waals surface area contributed by atoms with Crippen molar-refractivity contribution in [1.29, 1.82) is 5.26 Å². The Bertz CT molecular complexity index is 367. The van der Waals surface area contributed by atoms with Crippen molar-refractivity contribution in [3.8, 4) is 6.07 Å². The Labute approximate surface area is 96.2 Å². The molecular weight excluding hydrogens is 202 g/mol. The first kappa shape index (κ1) is 12.5. The molecule has 0 aliphatic heterocycles. The van der Waals surface area contributed by atoms with Crippen molar-refractivity contribution in [3.05, 3.63) is 23.9 Å². The second-order valence-electron chi connectivity index (χ2n) is 3.95. The molecule has 1 unspecified atom stereocenters. The average Bonchev–Trinajstić information content (AvgIpc) is 2.28. The van der Waals surface area contributed by atoms with Gasteiger partial charge in [0.1, 0.15) is 5.82 Å². The summed E-state index contributed by atoms with van der Waals surface area (Å²) in [6, 6.07) is 5.98. The van der Waals surface area contributed by atoms with Crippen molar-refractivity contribution in [1.82, 2.24) is 4.98 Å². The van der Waals surface area contributed by atoms with Crippen LogP contribution in [0.25, 0.3) is 0 Å². The van der Waals surface area contributed by atoms with E-state index in [0.717, 1.165) is 11.4 Å². The van der Waals surface area contributed by atoms with Gasteiger partial charge in [-0.1, -0.05) is 6.07 Å². The van der Waals surface area contributed by atoms with Crippen LogP contribution in [-0.2, 0) is 0 Å². The van der Waals surface area contributed by atoms with Crippen LogP contribution in [0.3, 0.4) is 0 Å². The number of anilines is 1. The molecule has 0 bridgehead atoms. The zero-order valence-electron chi connectivity index (χ0n) is 9.88. The number of aliphatic hydroxyl groups is 1. The van der Waals surface area contributed by atoms with Gasteiger partial charge in [0.05, 0.1) is 18.6 Å². The Hall–Kier alpha value is -1.60. The zero-order valence-corrected chi connectivity index (χ0v) is 9.88. The van der Waals surface area contributed by atoms with Crippen molar-refractivity contribution < 1.29 is 5.11 Å². The van der Waals surface area contributed by atoms with Gasteiger partial charge < -0.3 is 10.0 Å². The fourth-order valence-corrected chi connectivity index (χ4v) is 1.35. The second kappa shape index (κ2) is 5.47. The lowest BCUT2D eigenvalue weighted by molar-refractivity contribution is 0.199. The normalized spacial score (nSPS) is 13.9. The molecule has 0 radical (unpaired) electrons. The number of nitriles is 1. The first-order chi connectivity index (χ1) is 7.56. The molecule has 0 saturated heterocycles. The molecule has 1 aromatic heterocycles. The SMILES string of the molecule is CC(CC#N)N(C)c1ccc([C@H](C)O)cn1. The summed E-state index contributed by atoms with van der Waals surface area (Å²) in [7, 11) is 1.91. The summed E-state index contributed by atoms with van der Waals surface area (Å²) in [4.78, 5) is 6.21. The van der Waals surface area contributed by atoms with E-state index in [9.17, 15) is 5.11 Å². The molecule has 0 saturated carbocycles. The van der Waals surface area contributed by atoms with Crippen molar-refractivity contribution in [2.45, 2.75) is 32.4 Å². The van der Waals surface area contributed by atoms with Gasteiger partial charge in [-0.05, 0) is 25.5 Å². The Morgan fingerprint density at radius 1 is 1.50 bits per heavy atom. The maximum absolute atomic E-state index is 9.35. The number of rotatable bonds is 4. The molecule has 1 rings (SSSR count). The summed E-state index contributed by atoms with van der Waals surface area (Å²) in [5.41, 5.74) is 0.796. The van der Waals surface area contributed by atoms with E-state index in [2.05, 4.69) is 11.1 Å². The molecule has 16 heavy (non-hydrogen) atoms. The number of hydrogen-bond donors (Lipinski definition) is 1. The molecule has 4 nitrogen and oxygen atoms in total. The summed E-state index contributed by atoms with van der Waals surface area (Å²) >= 11 is 0. The minimum absolute atomic E-state index is 0.134. The lowest BCUT2D eigenvalue weighted by Crippen LogP contribution is -2.29. The van der Waals surface area contributed by atoms with Crippen LogP contribution in [0.15, 0.2) is 18.3 Å². The van der Waals surface area contributed by atoms with Crippen LogP contribution >= 0.6 is 0 Å². The molecule has 0 aliphatic rings. The van der Waals surface area contributed by atoms with Crippen LogP contribution in [0, 0.1) is 11.3 Å². The van der Waals surface area contributed by atoms with Gasteiger partial charge >= 0.3 is 0 Å². The highest BCUT2D eigenvalue weighted by Gasteiger charge is 2.11. The number of aromatic nitrogens is 1. The predicted molar refractivity (Wildman–Crippen MR) is 63.0 cm³/mol. The summed E-state index contributed by atoms with van der Waals surface area (Å²) in [5, 5.41) is 18.0. The van der Waals surface area contributed by atoms with Gasteiger partial charge in [-0.3, -0.25) is 0 Å². The quantitative estimate of drug-likeness (QED) is 0.839. The third-order valence-corrected chi connectivity index (χ3v) is 2.66. The standard InChI is InChI=1S/C12H17N3O/c1-9(6-7-13)15(3)12-5-4-11(8-14-12)10(2)16/h4-5,8-10,16H,6H2,1-3H3/t9?,10-/m0/s1. The zero-order chi connectivity index (χ0) is 12.1. The molecule has 0 aromatic carbocycles. The van der Waals surface area contributed by atoms with Gasteiger partial charge in [0, 0.05) is 19.3 Å². The highest BCUT2D eigenvalue weighted by molar-refractivity contribution is 5.39. The van der Waals surface area contributed by atoms with Crippen LogP contribution in [0.5, 0.6) is 0 Å². The molecule has 2 atom stereocenters. The van der Waals surface area contributed by atoms with Crippen molar-refractivity contribution in [3.63, 3.8) is 0 Å². The summed E-state index contributed by atoms with van der Waals surface area (Å²) in [6.07, 6.45) is 1.63. The number of aliphatic hydroxyl groups excluding tert-OH is 1. The highest BCUT2D eigenvalue weighted by atomic mass is 16.3. The van der Waals surface area contributed by atoms with E-state index in [0.29, 0.717) is 6.42 Å². The fourth-order valence-electron chi connectivity index (χ4n) is 1.35. The lowest BCUT2D eigenvalue weighted by Gasteiger charge is -2.24. The maximum atomic E-state index is 9.35. The van der Waals surface area contributed by atoms with E-state index in [1.54, 1.807) is 13.1 Å². The summed E-state index contributed by atoms with van der Waals surface area (Å²) in [6.45, 7) is 3.69. The van der Waals surface area contributed by atoms with E-state index >= 15 is 0 Å². The minimum Gasteiger partial charge on any atom is -0.389 e. The molecule has 86 valence electrons. The molecule has 0 spiro atoms. The van der Waals surface area contributed by atoms with Crippen LogP contribution in [0.4, 0.5) is 5.82 Å². The van der Waals surface area contributed by atoms with Gasteiger partial charge in [-0.15, -0.1) is 0 Å². The number of nitrogens with zero attached hydrogens (tertiary/aromatic N) is 3. The minimum atomic E-state index is -0.497. The number of hydrogen-bond acceptors (Lipinski definition) is 4. The molecule has 0 aliphatic carbocycles. The fraction of sp³-hybridized carbons (Fsp3) is 0.500. The molecule has 1 heterocycles. The lowest BCUT2D eigenvalue weighted by atomic mass is 10.2. The van der Waals surface area contributed by atoms with Crippen LogP contribution < -0.4 is 4.90 Å². The summed E-state index contributed by atoms with van der Waals surface area (Å²) < 4.78 is 0. The van der Waals surface area contributed by atoms with E-state index in [-0.39, 0.29) is 6.04 Å². The number of pyridine rings is 1.